The molecule has 1 aliphatic rings. The molecule has 23 heavy (non-hydrogen) atoms. The second-order valence-electron chi connectivity index (χ2n) is 5.28. The number of anilines is 1. The summed E-state index contributed by atoms with van der Waals surface area (Å²) in [5.74, 6) is -0.828. The number of para-hydroxylation sites is 1. The van der Waals surface area contributed by atoms with Crippen LogP contribution in [0.1, 0.15) is 22.8 Å². The van der Waals surface area contributed by atoms with Gasteiger partial charge in [-0.1, -0.05) is 29.8 Å². The summed E-state index contributed by atoms with van der Waals surface area (Å²) < 4.78 is 5.26. The van der Waals surface area contributed by atoms with Crippen LogP contribution in [-0.4, -0.2) is 29.5 Å². The topological polar surface area (TPSA) is 59.5 Å². The van der Waals surface area contributed by atoms with E-state index >= 15 is 0 Å². The van der Waals surface area contributed by atoms with Gasteiger partial charge in [-0.3, -0.25) is 4.79 Å². The van der Waals surface area contributed by atoms with Crippen LogP contribution >= 0.6 is 11.6 Å². The van der Waals surface area contributed by atoms with Gasteiger partial charge < -0.3 is 9.64 Å². The number of benzene rings is 1. The molecule has 2 aromatic rings. The smallest absolute Gasteiger partial charge is 0.339 e. The van der Waals surface area contributed by atoms with E-state index in [0.717, 1.165) is 17.7 Å². The van der Waals surface area contributed by atoms with Crippen molar-refractivity contribution in [3.63, 3.8) is 0 Å². The van der Waals surface area contributed by atoms with Crippen LogP contribution in [0.5, 0.6) is 0 Å². The summed E-state index contributed by atoms with van der Waals surface area (Å²) >= 11 is 5.75. The quantitative estimate of drug-likeness (QED) is 0.641. The minimum atomic E-state index is -0.874. The van der Waals surface area contributed by atoms with Crippen molar-refractivity contribution in [2.75, 3.05) is 11.4 Å². The average molecular weight is 331 g/mol. The molecule has 0 aliphatic carbocycles. The molecule has 0 radical (unpaired) electrons. The summed E-state index contributed by atoms with van der Waals surface area (Å²) in [6.45, 7) is 2.17. The SMILES string of the molecule is C[C@@H](OC(=O)c1ccnc(Cl)c1)C(=O)N1CCc2ccccc21. The highest BCUT2D eigenvalue weighted by atomic mass is 35.5. The number of amides is 1. The number of carbonyl (C=O) groups is 2. The first-order valence-corrected chi connectivity index (χ1v) is 7.66. The molecule has 1 aromatic carbocycles. The van der Waals surface area contributed by atoms with Crippen LogP contribution in [0.2, 0.25) is 5.15 Å². The molecule has 3 rings (SSSR count). The second kappa shape index (κ2) is 6.38. The van der Waals surface area contributed by atoms with E-state index in [1.54, 1.807) is 11.8 Å². The minimum absolute atomic E-state index is 0.201. The molecule has 6 heteroatoms. The van der Waals surface area contributed by atoms with Crippen LogP contribution in [0.25, 0.3) is 0 Å². The maximum absolute atomic E-state index is 12.6. The predicted octanol–water partition coefficient (Wildman–Crippen LogP) is 2.87. The third kappa shape index (κ3) is 3.19. The predicted molar refractivity (Wildman–Crippen MR) is 86.6 cm³/mol. The highest BCUT2D eigenvalue weighted by Crippen LogP contribution is 2.28. The maximum atomic E-state index is 12.6. The molecule has 0 spiro atoms. The van der Waals surface area contributed by atoms with Crippen molar-refractivity contribution in [1.82, 2.24) is 4.98 Å². The first-order chi connectivity index (χ1) is 11.1. The van der Waals surface area contributed by atoms with Gasteiger partial charge in [-0.2, -0.15) is 0 Å². The van der Waals surface area contributed by atoms with Gasteiger partial charge in [0.15, 0.2) is 6.10 Å². The van der Waals surface area contributed by atoms with Gasteiger partial charge in [0.25, 0.3) is 5.91 Å². The van der Waals surface area contributed by atoms with Crippen molar-refractivity contribution in [2.24, 2.45) is 0 Å². The van der Waals surface area contributed by atoms with Crippen molar-refractivity contribution in [1.29, 1.82) is 0 Å². The highest BCUT2D eigenvalue weighted by molar-refractivity contribution is 6.29. The number of hydrogen-bond donors (Lipinski definition) is 0. The lowest BCUT2D eigenvalue weighted by Crippen LogP contribution is -2.39. The number of pyridine rings is 1. The molecular weight excluding hydrogens is 316 g/mol. The Labute approximate surface area is 138 Å². The van der Waals surface area contributed by atoms with E-state index in [-0.39, 0.29) is 16.6 Å². The van der Waals surface area contributed by atoms with Crippen LogP contribution in [0.15, 0.2) is 42.6 Å². The van der Waals surface area contributed by atoms with E-state index in [1.807, 2.05) is 24.3 Å². The number of ether oxygens (including phenoxy) is 1. The van der Waals surface area contributed by atoms with Crippen LogP contribution in [0, 0.1) is 0 Å². The molecule has 0 saturated carbocycles. The Balaban J connectivity index is 1.70. The second-order valence-corrected chi connectivity index (χ2v) is 5.67. The van der Waals surface area contributed by atoms with Crippen LogP contribution in [-0.2, 0) is 16.0 Å². The Morgan fingerprint density at radius 3 is 2.87 bits per heavy atom. The Morgan fingerprint density at radius 1 is 1.30 bits per heavy atom. The van der Waals surface area contributed by atoms with E-state index in [9.17, 15) is 9.59 Å². The summed E-state index contributed by atoms with van der Waals surface area (Å²) in [6, 6.07) is 10.6. The molecule has 118 valence electrons. The molecule has 0 bridgehead atoms. The molecule has 1 atom stereocenters. The molecule has 5 nitrogen and oxygen atoms in total. The number of nitrogens with zero attached hydrogens (tertiary/aromatic N) is 2. The number of rotatable bonds is 3. The van der Waals surface area contributed by atoms with Crippen molar-refractivity contribution in [2.45, 2.75) is 19.4 Å². The largest absolute Gasteiger partial charge is 0.449 e. The standard InChI is InChI=1S/C17H15ClN2O3/c1-11(23-17(22)13-6-8-19-15(18)10-13)16(21)20-9-7-12-4-2-3-5-14(12)20/h2-6,8,10-11H,7,9H2,1H3/t11-/m1/s1. The van der Waals surface area contributed by atoms with Crippen molar-refractivity contribution >= 4 is 29.2 Å². The molecule has 1 aliphatic heterocycles. The normalized spacial score (nSPS) is 14.3. The fourth-order valence-electron chi connectivity index (χ4n) is 2.60. The van der Waals surface area contributed by atoms with Crippen LogP contribution < -0.4 is 4.90 Å². The van der Waals surface area contributed by atoms with Gasteiger partial charge in [-0.25, -0.2) is 9.78 Å². The maximum Gasteiger partial charge on any atom is 0.339 e. The van der Waals surface area contributed by atoms with Gasteiger partial charge in [0.05, 0.1) is 5.56 Å². The monoisotopic (exact) mass is 330 g/mol. The van der Waals surface area contributed by atoms with Crippen molar-refractivity contribution < 1.29 is 14.3 Å². The van der Waals surface area contributed by atoms with Crippen LogP contribution in [0.4, 0.5) is 5.69 Å². The van der Waals surface area contributed by atoms with Crippen LogP contribution in [0.3, 0.4) is 0 Å². The first kappa shape index (κ1) is 15.5. The molecule has 0 saturated heterocycles. The molecule has 1 aromatic heterocycles. The zero-order chi connectivity index (χ0) is 16.4. The summed E-state index contributed by atoms with van der Waals surface area (Å²) in [7, 11) is 0. The van der Waals surface area contributed by atoms with E-state index in [1.165, 1.54) is 18.3 Å². The Kier molecular flexibility index (Phi) is 4.30. The number of fused-ring (bicyclic) bond motifs is 1. The summed E-state index contributed by atoms with van der Waals surface area (Å²) in [5.41, 5.74) is 2.28. The molecule has 2 heterocycles. The molecule has 0 fully saturated rings. The van der Waals surface area contributed by atoms with Crippen molar-refractivity contribution in [3.05, 3.63) is 58.9 Å². The van der Waals surface area contributed by atoms with E-state index in [4.69, 9.17) is 16.3 Å². The Hall–Kier alpha value is -2.40. The fraction of sp³-hybridized carbons (Fsp3) is 0.235. The third-order valence-corrected chi connectivity index (χ3v) is 3.95. The minimum Gasteiger partial charge on any atom is -0.449 e. The zero-order valence-corrected chi connectivity index (χ0v) is 13.3. The fourth-order valence-corrected chi connectivity index (χ4v) is 2.77. The van der Waals surface area contributed by atoms with Gasteiger partial charge >= 0.3 is 5.97 Å². The lowest BCUT2D eigenvalue weighted by Gasteiger charge is -2.21. The van der Waals surface area contributed by atoms with E-state index < -0.39 is 12.1 Å². The third-order valence-electron chi connectivity index (χ3n) is 3.75. The zero-order valence-electron chi connectivity index (χ0n) is 12.5. The molecule has 0 unspecified atom stereocenters. The Morgan fingerprint density at radius 2 is 2.09 bits per heavy atom. The number of hydrogen-bond acceptors (Lipinski definition) is 4. The molecule has 1 amide bonds. The number of aromatic nitrogens is 1. The van der Waals surface area contributed by atoms with Gasteiger partial charge in [0.2, 0.25) is 0 Å². The van der Waals surface area contributed by atoms with Gasteiger partial charge in [-0.15, -0.1) is 0 Å². The number of carbonyl (C=O) groups excluding carboxylic acids is 2. The summed E-state index contributed by atoms with van der Waals surface area (Å²) in [5, 5.41) is 0.201. The lowest BCUT2D eigenvalue weighted by molar-refractivity contribution is -0.126. The first-order valence-electron chi connectivity index (χ1n) is 7.28. The molecule has 0 N–H and O–H groups in total. The Bertz CT molecular complexity index is 763. The number of esters is 1. The van der Waals surface area contributed by atoms with Crippen molar-refractivity contribution in [3.8, 4) is 0 Å². The van der Waals surface area contributed by atoms with E-state index in [2.05, 4.69) is 4.98 Å². The molecular formula is C17H15ClN2O3. The van der Waals surface area contributed by atoms with Gasteiger partial charge in [0, 0.05) is 18.4 Å². The highest BCUT2D eigenvalue weighted by Gasteiger charge is 2.29. The van der Waals surface area contributed by atoms with E-state index in [0.29, 0.717) is 6.54 Å². The average Bonchev–Trinajstić information content (AvgIpc) is 2.98. The lowest BCUT2D eigenvalue weighted by atomic mass is 10.2. The van der Waals surface area contributed by atoms with Gasteiger partial charge in [-0.05, 0) is 37.1 Å². The summed E-state index contributed by atoms with van der Waals surface area (Å²) in [4.78, 5) is 30.1. The van der Waals surface area contributed by atoms with Gasteiger partial charge in [0.1, 0.15) is 5.15 Å². The number of halogens is 1. The summed E-state index contributed by atoms with van der Waals surface area (Å²) in [6.07, 6.45) is 1.35.